The van der Waals surface area contributed by atoms with Gasteiger partial charge in [0, 0.05) is 22.7 Å². The number of nitrogens with zero attached hydrogens (tertiary/aromatic N) is 1. The van der Waals surface area contributed by atoms with Crippen LogP contribution >= 0.6 is 23.1 Å². The molecule has 1 saturated heterocycles. The molecule has 1 aliphatic rings. The monoisotopic (exact) mass is 275 g/mol. The van der Waals surface area contributed by atoms with Crippen molar-refractivity contribution >= 4 is 29.0 Å². The van der Waals surface area contributed by atoms with Gasteiger partial charge in [0.05, 0.1) is 5.88 Å². The average molecular weight is 275 g/mol. The first-order valence-corrected chi connectivity index (χ1v) is 7.89. The van der Waals surface area contributed by atoms with Crippen LogP contribution in [0.5, 0.6) is 0 Å². The lowest BCUT2D eigenvalue weighted by Crippen LogP contribution is -2.27. The summed E-state index contributed by atoms with van der Waals surface area (Å²) in [6.45, 7) is 0.871. The summed E-state index contributed by atoms with van der Waals surface area (Å²) in [4.78, 5) is 15.3. The van der Waals surface area contributed by atoms with E-state index in [0.717, 1.165) is 23.7 Å². The van der Waals surface area contributed by atoms with Gasteiger partial charge < -0.3 is 4.90 Å². The molecular formula is C14H13NOS2. The second-order valence-electron chi connectivity index (χ2n) is 4.16. The van der Waals surface area contributed by atoms with Crippen molar-refractivity contribution in [1.82, 2.24) is 4.90 Å². The summed E-state index contributed by atoms with van der Waals surface area (Å²) in [5, 5.41) is 2.07. The van der Waals surface area contributed by atoms with E-state index in [4.69, 9.17) is 0 Å². The zero-order valence-electron chi connectivity index (χ0n) is 9.83. The van der Waals surface area contributed by atoms with Gasteiger partial charge in [-0.2, -0.15) is 0 Å². The van der Waals surface area contributed by atoms with Crippen molar-refractivity contribution < 1.29 is 4.79 Å². The van der Waals surface area contributed by atoms with Gasteiger partial charge in [0.1, 0.15) is 0 Å². The number of carbonyl (C=O) groups excluding carboxylic acids is 1. The molecule has 0 radical (unpaired) electrons. The van der Waals surface area contributed by atoms with E-state index in [0.29, 0.717) is 0 Å². The van der Waals surface area contributed by atoms with Crippen molar-refractivity contribution in [3.8, 4) is 10.4 Å². The van der Waals surface area contributed by atoms with Gasteiger partial charge in [-0.25, -0.2) is 0 Å². The molecule has 2 aromatic rings. The summed E-state index contributed by atoms with van der Waals surface area (Å²) in [5.41, 5.74) is 1.97. The number of rotatable bonds is 2. The molecule has 18 heavy (non-hydrogen) atoms. The molecule has 0 atom stereocenters. The highest BCUT2D eigenvalue weighted by molar-refractivity contribution is 7.99. The van der Waals surface area contributed by atoms with Crippen LogP contribution in [0.4, 0.5) is 0 Å². The van der Waals surface area contributed by atoms with E-state index >= 15 is 0 Å². The lowest BCUT2D eigenvalue weighted by Gasteiger charge is -2.14. The Balaban J connectivity index is 1.80. The van der Waals surface area contributed by atoms with Gasteiger partial charge in [0.25, 0.3) is 5.91 Å². The lowest BCUT2D eigenvalue weighted by atomic mass is 10.1. The Morgan fingerprint density at radius 3 is 2.61 bits per heavy atom. The Labute approximate surface area is 115 Å². The Hall–Kier alpha value is -1.26. The highest BCUT2D eigenvalue weighted by Crippen LogP contribution is 2.25. The second-order valence-corrected chi connectivity index (χ2v) is 6.18. The maximum atomic E-state index is 12.2. The summed E-state index contributed by atoms with van der Waals surface area (Å²) in [6.07, 6.45) is 0. The van der Waals surface area contributed by atoms with Crippen molar-refractivity contribution in [2.45, 2.75) is 0 Å². The van der Waals surface area contributed by atoms with E-state index in [-0.39, 0.29) is 5.91 Å². The maximum absolute atomic E-state index is 12.2. The van der Waals surface area contributed by atoms with Crippen LogP contribution in [0.1, 0.15) is 10.4 Å². The predicted molar refractivity (Wildman–Crippen MR) is 78.1 cm³/mol. The summed E-state index contributed by atoms with van der Waals surface area (Å²) >= 11 is 3.53. The molecule has 0 N–H and O–H groups in total. The standard InChI is InChI=1S/C14H13NOS2/c16-14(15-7-9-17-10-15)12-5-3-11(4-6-12)13-2-1-8-18-13/h1-6,8H,7,9-10H2. The highest BCUT2D eigenvalue weighted by Gasteiger charge is 2.19. The summed E-state index contributed by atoms with van der Waals surface area (Å²) < 4.78 is 0. The molecule has 0 bridgehead atoms. The van der Waals surface area contributed by atoms with E-state index < -0.39 is 0 Å². The molecule has 1 aromatic heterocycles. The minimum absolute atomic E-state index is 0.151. The van der Waals surface area contributed by atoms with Crippen LogP contribution in [0.25, 0.3) is 10.4 Å². The number of carbonyl (C=O) groups is 1. The molecule has 0 saturated carbocycles. The summed E-state index contributed by atoms with van der Waals surface area (Å²) in [7, 11) is 0. The molecule has 2 heterocycles. The van der Waals surface area contributed by atoms with Crippen LogP contribution in [0.15, 0.2) is 41.8 Å². The van der Waals surface area contributed by atoms with E-state index in [9.17, 15) is 4.79 Å². The fourth-order valence-corrected chi connectivity index (χ4v) is 3.66. The van der Waals surface area contributed by atoms with Crippen molar-refractivity contribution in [2.75, 3.05) is 18.2 Å². The largest absolute Gasteiger partial charge is 0.329 e. The molecule has 2 nitrogen and oxygen atoms in total. The van der Waals surface area contributed by atoms with Gasteiger partial charge in [0.2, 0.25) is 0 Å². The molecule has 0 aliphatic carbocycles. The molecular weight excluding hydrogens is 262 g/mol. The third-order valence-electron chi connectivity index (χ3n) is 2.98. The zero-order chi connectivity index (χ0) is 12.4. The first-order chi connectivity index (χ1) is 8.84. The van der Waals surface area contributed by atoms with Gasteiger partial charge in [-0.3, -0.25) is 4.79 Å². The molecule has 0 unspecified atom stereocenters. The van der Waals surface area contributed by atoms with Crippen molar-refractivity contribution in [3.63, 3.8) is 0 Å². The van der Waals surface area contributed by atoms with Gasteiger partial charge in [-0.05, 0) is 29.1 Å². The Morgan fingerprint density at radius 1 is 1.17 bits per heavy atom. The minimum atomic E-state index is 0.151. The first-order valence-electron chi connectivity index (χ1n) is 5.85. The minimum Gasteiger partial charge on any atom is -0.329 e. The fraction of sp³-hybridized carbons (Fsp3) is 0.214. The summed E-state index contributed by atoms with van der Waals surface area (Å²) in [6, 6.07) is 12.1. The number of amides is 1. The Kier molecular flexibility index (Phi) is 3.39. The van der Waals surface area contributed by atoms with Gasteiger partial charge in [0.15, 0.2) is 0 Å². The van der Waals surface area contributed by atoms with Crippen molar-refractivity contribution in [2.24, 2.45) is 0 Å². The zero-order valence-corrected chi connectivity index (χ0v) is 11.5. The van der Waals surface area contributed by atoms with E-state index in [1.165, 1.54) is 10.4 Å². The third kappa shape index (κ3) is 2.31. The molecule has 92 valence electrons. The molecule has 1 aromatic carbocycles. The second kappa shape index (κ2) is 5.16. The lowest BCUT2D eigenvalue weighted by molar-refractivity contribution is 0.0803. The van der Waals surface area contributed by atoms with Crippen LogP contribution in [-0.2, 0) is 0 Å². The fourth-order valence-electron chi connectivity index (χ4n) is 1.98. The van der Waals surface area contributed by atoms with Crippen LogP contribution in [0.3, 0.4) is 0 Å². The number of benzene rings is 1. The topological polar surface area (TPSA) is 20.3 Å². The number of hydrogen-bond donors (Lipinski definition) is 0. The smallest absolute Gasteiger partial charge is 0.254 e. The molecule has 3 rings (SSSR count). The Morgan fingerprint density at radius 2 is 2.00 bits per heavy atom. The van der Waals surface area contributed by atoms with Gasteiger partial charge >= 0.3 is 0 Å². The van der Waals surface area contributed by atoms with Crippen LogP contribution < -0.4 is 0 Å². The van der Waals surface area contributed by atoms with E-state index in [1.54, 1.807) is 11.3 Å². The first kappa shape index (κ1) is 11.8. The SMILES string of the molecule is O=C(c1ccc(-c2cccs2)cc1)N1CCSC1. The van der Waals surface area contributed by atoms with Crippen LogP contribution in [-0.4, -0.2) is 29.0 Å². The quantitative estimate of drug-likeness (QED) is 0.835. The summed E-state index contributed by atoms with van der Waals surface area (Å²) in [5.74, 6) is 2.03. The maximum Gasteiger partial charge on any atom is 0.254 e. The van der Waals surface area contributed by atoms with Crippen LogP contribution in [0.2, 0.25) is 0 Å². The highest BCUT2D eigenvalue weighted by atomic mass is 32.2. The number of thioether (sulfide) groups is 1. The van der Waals surface area contributed by atoms with Crippen molar-refractivity contribution in [1.29, 1.82) is 0 Å². The molecule has 0 spiro atoms. The third-order valence-corrected chi connectivity index (χ3v) is 4.86. The number of hydrogen-bond acceptors (Lipinski definition) is 3. The molecule has 4 heteroatoms. The normalized spacial score (nSPS) is 15.0. The Bertz CT molecular complexity index is 527. The predicted octanol–water partition coefficient (Wildman–Crippen LogP) is 3.56. The van der Waals surface area contributed by atoms with Gasteiger partial charge in [-0.1, -0.05) is 18.2 Å². The van der Waals surface area contributed by atoms with Gasteiger partial charge in [-0.15, -0.1) is 23.1 Å². The molecule has 1 aliphatic heterocycles. The number of thiophene rings is 1. The average Bonchev–Trinajstić information content (AvgIpc) is 3.11. The van der Waals surface area contributed by atoms with E-state index in [1.807, 2.05) is 47.0 Å². The molecule has 1 amide bonds. The van der Waals surface area contributed by atoms with E-state index in [2.05, 4.69) is 11.4 Å². The molecule has 1 fully saturated rings. The van der Waals surface area contributed by atoms with Crippen LogP contribution in [0, 0.1) is 0 Å². The van der Waals surface area contributed by atoms with Crippen molar-refractivity contribution in [3.05, 3.63) is 47.3 Å².